The third-order valence-corrected chi connectivity index (χ3v) is 9.45. The molecule has 0 amide bonds. The van der Waals surface area contributed by atoms with Crippen molar-refractivity contribution in [2.75, 3.05) is 0 Å². The highest BCUT2D eigenvalue weighted by atomic mass is 16.1. The molecule has 2 heteroatoms. The van der Waals surface area contributed by atoms with E-state index in [1.807, 2.05) is 6.92 Å². The van der Waals surface area contributed by atoms with E-state index < -0.39 is 0 Å². The van der Waals surface area contributed by atoms with Gasteiger partial charge in [-0.1, -0.05) is 6.92 Å². The van der Waals surface area contributed by atoms with Crippen molar-refractivity contribution in [1.29, 1.82) is 0 Å². The van der Waals surface area contributed by atoms with Gasteiger partial charge in [0.25, 0.3) is 0 Å². The number of fused-ring (bicyclic) bond motifs is 7. The van der Waals surface area contributed by atoms with Crippen LogP contribution in [0.1, 0.15) is 71.6 Å². The Labute approximate surface area is 139 Å². The number of rotatable bonds is 1. The quantitative estimate of drug-likeness (QED) is 0.718. The molecule has 2 nitrogen and oxygen atoms in total. The molecule has 0 heterocycles. The van der Waals surface area contributed by atoms with E-state index in [1.54, 1.807) is 0 Å². The first-order chi connectivity index (χ1) is 11.0. The van der Waals surface area contributed by atoms with Crippen molar-refractivity contribution in [1.82, 2.24) is 0 Å². The molecule has 5 saturated carbocycles. The first kappa shape index (κ1) is 14.7. The van der Waals surface area contributed by atoms with Gasteiger partial charge in [-0.05, 0) is 92.8 Å². The van der Waals surface area contributed by atoms with Crippen molar-refractivity contribution in [3.05, 3.63) is 0 Å². The van der Waals surface area contributed by atoms with Crippen LogP contribution in [0.5, 0.6) is 0 Å². The fourth-order valence-electron chi connectivity index (χ4n) is 8.42. The Morgan fingerprint density at radius 1 is 1.09 bits per heavy atom. The van der Waals surface area contributed by atoms with Gasteiger partial charge in [-0.3, -0.25) is 9.59 Å². The maximum absolute atomic E-state index is 12.5. The van der Waals surface area contributed by atoms with Crippen LogP contribution in [0.3, 0.4) is 0 Å². The second-order valence-electron chi connectivity index (χ2n) is 9.84. The molecule has 0 aromatic rings. The Morgan fingerprint density at radius 3 is 2.70 bits per heavy atom. The maximum Gasteiger partial charge on any atom is 0.136 e. The highest BCUT2D eigenvalue weighted by Crippen LogP contribution is 2.79. The normalized spacial score (nSPS) is 57.0. The van der Waals surface area contributed by atoms with Crippen molar-refractivity contribution in [2.24, 2.45) is 46.3 Å². The highest BCUT2D eigenvalue weighted by molar-refractivity contribution is 5.87. The van der Waals surface area contributed by atoms with Gasteiger partial charge in [-0.15, -0.1) is 0 Å². The number of carbonyl (C=O) groups excluding carboxylic acids is 2. The lowest BCUT2D eigenvalue weighted by atomic mass is 9.48. The minimum Gasteiger partial charge on any atom is -0.300 e. The molecule has 0 saturated heterocycles. The molecule has 0 aliphatic heterocycles. The summed E-state index contributed by atoms with van der Waals surface area (Å²) in [7, 11) is 0. The predicted octanol–water partition coefficient (Wildman–Crippen LogP) is 4.41. The molecule has 1 unspecified atom stereocenters. The van der Waals surface area contributed by atoms with E-state index in [-0.39, 0.29) is 5.41 Å². The molecule has 8 atom stereocenters. The lowest BCUT2D eigenvalue weighted by molar-refractivity contribution is -0.136. The minimum atomic E-state index is 0.0714. The Kier molecular flexibility index (Phi) is 2.86. The molecule has 0 radical (unpaired) electrons. The van der Waals surface area contributed by atoms with Gasteiger partial charge in [-0.25, -0.2) is 0 Å². The number of Topliss-reactive ketones (excluding diaryl/α,β-unsaturated/α-hetero) is 2. The Bertz CT molecular complexity index is 580. The molecule has 0 N–H and O–H groups in total. The smallest absolute Gasteiger partial charge is 0.136 e. The summed E-state index contributed by atoms with van der Waals surface area (Å²) in [6.45, 7) is 4.34. The lowest BCUT2D eigenvalue weighted by Gasteiger charge is -2.56. The summed E-state index contributed by atoms with van der Waals surface area (Å²) in [5.41, 5.74) is 0.365. The average molecular weight is 314 g/mol. The molecule has 5 aliphatic carbocycles. The standard InChI is InChI=1S/C21H30O2/c1-12(22)21-11-14(21)10-19-18-5-3-13-9-15(23)4-6-16(13)17(18)7-8-20(19,21)2/h13-14,16-19H,3-11H2,1-2H3/t13-,14?,16+,17-,18-,19+,20+,21+/m1/s1. The van der Waals surface area contributed by atoms with Crippen LogP contribution in [0.25, 0.3) is 0 Å². The lowest BCUT2D eigenvalue weighted by Crippen LogP contribution is -2.51. The van der Waals surface area contributed by atoms with Crippen LogP contribution in [0.2, 0.25) is 0 Å². The van der Waals surface area contributed by atoms with Crippen molar-refractivity contribution < 1.29 is 9.59 Å². The Hall–Kier alpha value is -0.660. The maximum atomic E-state index is 12.5. The number of ketones is 2. The summed E-state index contributed by atoms with van der Waals surface area (Å²) in [6.07, 6.45) is 10.6. The minimum absolute atomic E-state index is 0.0714. The third kappa shape index (κ3) is 1.66. The van der Waals surface area contributed by atoms with Crippen LogP contribution in [0.15, 0.2) is 0 Å². The SMILES string of the molecule is CC(=O)[C@@]12CC1C[C@H]1[C@@H]3CC[C@@H]4CC(=O)CC[C@@H]4[C@H]3CC[C@@]12C. The van der Waals surface area contributed by atoms with Crippen LogP contribution in [0, 0.1) is 46.3 Å². The fraction of sp³-hybridized carbons (Fsp3) is 0.905. The first-order valence-electron chi connectivity index (χ1n) is 10.00. The first-order valence-corrected chi connectivity index (χ1v) is 10.00. The molecule has 5 fully saturated rings. The largest absolute Gasteiger partial charge is 0.300 e. The Morgan fingerprint density at radius 2 is 1.91 bits per heavy atom. The van der Waals surface area contributed by atoms with Gasteiger partial charge < -0.3 is 0 Å². The topological polar surface area (TPSA) is 34.1 Å². The van der Waals surface area contributed by atoms with Gasteiger partial charge in [0.15, 0.2) is 0 Å². The van der Waals surface area contributed by atoms with Gasteiger partial charge in [0, 0.05) is 18.3 Å². The predicted molar refractivity (Wildman–Crippen MR) is 88.7 cm³/mol. The molecule has 5 aliphatic rings. The number of hydrogen-bond acceptors (Lipinski definition) is 2. The summed E-state index contributed by atoms with van der Waals surface area (Å²) in [4.78, 5) is 24.3. The van der Waals surface area contributed by atoms with Gasteiger partial charge in [0.2, 0.25) is 0 Å². The zero-order valence-corrected chi connectivity index (χ0v) is 14.6. The summed E-state index contributed by atoms with van der Waals surface area (Å²) >= 11 is 0. The number of carbonyl (C=O) groups is 2. The van der Waals surface area contributed by atoms with E-state index in [2.05, 4.69) is 6.92 Å². The average Bonchev–Trinajstić information content (AvgIpc) is 3.20. The second-order valence-corrected chi connectivity index (χ2v) is 9.84. The van der Waals surface area contributed by atoms with Gasteiger partial charge in [-0.2, -0.15) is 0 Å². The molecule has 0 bridgehead atoms. The number of hydrogen-bond donors (Lipinski definition) is 0. The molecular weight excluding hydrogens is 284 g/mol. The molecule has 5 rings (SSSR count). The van der Waals surface area contributed by atoms with E-state index in [0.29, 0.717) is 28.8 Å². The molecular formula is C21H30O2. The monoisotopic (exact) mass is 314 g/mol. The van der Waals surface area contributed by atoms with Crippen LogP contribution < -0.4 is 0 Å². The van der Waals surface area contributed by atoms with E-state index >= 15 is 0 Å². The molecule has 0 spiro atoms. The summed E-state index contributed by atoms with van der Waals surface area (Å²) in [6, 6.07) is 0. The summed E-state index contributed by atoms with van der Waals surface area (Å²) in [5, 5.41) is 0. The summed E-state index contributed by atoms with van der Waals surface area (Å²) < 4.78 is 0. The van der Waals surface area contributed by atoms with Crippen molar-refractivity contribution in [3.8, 4) is 0 Å². The van der Waals surface area contributed by atoms with Gasteiger partial charge in [0.05, 0.1) is 0 Å². The van der Waals surface area contributed by atoms with E-state index in [0.717, 1.165) is 42.9 Å². The van der Waals surface area contributed by atoms with E-state index in [1.165, 1.54) is 38.5 Å². The molecule has 23 heavy (non-hydrogen) atoms. The molecule has 126 valence electrons. The second kappa shape index (κ2) is 4.49. The van der Waals surface area contributed by atoms with Crippen LogP contribution in [-0.4, -0.2) is 11.6 Å². The molecule has 0 aromatic heterocycles. The van der Waals surface area contributed by atoms with Crippen molar-refractivity contribution in [3.63, 3.8) is 0 Å². The fourth-order valence-corrected chi connectivity index (χ4v) is 8.42. The molecule has 0 aromatic carbocycles. The zero-order valence-electron chi connectivity index (χ0n) is 14.6. The van der Waals surface area contributed by atoms with Crippen molar-refractivity contribution in [2.45, 2.75) is 71.6 Å². The van der Waals surface area contributed by atoms with Crippen molar-refractivity contribution >= 4 is 11.6 Å². The summed E-state index contributed by atoms with van der Waals surface area (Å²) in [5.74, 6) is 5.74. The van der Waals surface area contributed by atoms with Crippen LogP contribution in [-0.2, 0) is 9.59 Å². The third-order valence-electron chi connectivity index (χ3n) is 9.45. The van der Waals surface area contributed by atoms with Gasteiger partial charge in [0.1, 0.15) is 11.6 Å². The highest BCUT2D eigenvalue weighted by Gasteiger charge is 2.76. The van der Waals surface area contributed by atoms with Crippen LogP contribution in [0.4, 0.5) is 0 Å². The van der Waals surface area contributed by atoms with Gasteiger partial charge >= 0.3 is 0 Å². The van der Waals surface area contributed by atoms with E-state index in [9.17, 15) is 9.59 Å². The zero-order chi connectivity index (χ0) is 16.0. The van der Waals surface area contributed by atoms with E-state index in [4.69, 9.17) is 0 Å². The Balaban J connectivity index is 1.44. The van der Waals surface area contributed by atoms with Crippen LogP contribution >= 0.6 is 0 Å².